The van der Waals surface area contributed by atoms with Gasteiger partial charge in [-0.1, -0.05) is 14.9 Å². The van der Waals surface area contributed by atoms with Crippen molar-refractivity contribution in [2.24, 2.45) is 5.73 Å². The van der Waals surface area contributed by atoms with Crippen LogP contribution in [0.1, 0.15) is 164 Å². The van der Waals surface area contributed by atoms with Crippen LogP contribution >= 0.6 is 0 Å². The molecule has 22 nitrogen and oxygen atoms in total. The smallest absolute Gasteiger partial charge is 0.337 e. The molecule has 10 N–H and O–H groups in total. The maximum absolute atomic E-state index is 12.8. The average molecular weight is 1370 g/mol. The van der Waals surface area contributed by atoms with E-state index in [4.69, 9.17) is 27.7 Å². The fourth-order valence-corrected chi connectivity index (χ4v) is 11.8. The molecule has 12 aromatic rings. The lowest BCUT2D eigenvalue weighted by molar-refractivity contribution is 0.0600. The Labute approximate surface area is 600 Å². The minimum atomic E-state index is -0.394. The summed E-state index contributed by atoms with van der Waals surface area (Å²) in [4.78, 5) is 76.2. The topological polar surface area (TPSA) is 376 Å². The Morgan fingerprint density at radius 1 is 0.427 bits per heavy atom. The number of anilines is 3. The summed E-state index contributed by atoms with van der Waals surface area (Å²) in [5.74, 6) is 0.735. The van der Waals surface area contributed by atoms with Crippen molar-refractivity contribution in [3.63, 3.8) is 0 Å². The highest BCUT2D eigenvalue weighted by atomic mass is 16.5. The van der Waals surface area contributed by atoms with E-state index in [1.807, 2.05) is 123 Å². The Bertz CT molecular complexity index is 5020. The number of nitrogens with two attached hydrogens (primary N) is 4. The number of nitrogen functional groups attached to an aromatic ring is 3. The van der Waals surface area contributed by atoms with Crippen LogP contribution in [0.5, 0.6) is 0 Å². The molecule has 0 bridgehead atoms. The zero-order valence-electron chi connectivity index (χ0n) is 57.9. The number of hydrogen-bond acceptors (Lipinski definition) is 20. The molecular weight excluding hydrogens is 1290 g/mol. The maximum Gasteiger partial charge on any atom is 0.337 e. The number of nitriles is 3. The Balaban J connectivity index is 0.000000201. The van der Waals surface area contributed by atoms with Gasteiger partial charge in [0.05, 0.1) is 45.9 Å². The maximum atomic E-state index is 12.8. The molecular formula is C81H84N18O4. The molecule has 12 rings (SSSR count). The number of carbonyl (C=O) groups excluding carboxylic acids is 3. The van der Waals surface area contributed by atoms with Crippen LogP contribution < -0.4 is 33.6 Å². The lowest BCUT2D eigenvalue weighted by atomic mass is 10.0. The van der Waals surface area contributed by atoms with Crippen LogP contribution in [0.3, 0.4) is 0 Å². The van der Waals surface area contributed by atoms with Gasteiger partial charge in [0.15, 0.2) is 0 Å². The molecule has 103 heavy (non-hydrogen) atoms. The zero-order chi connectivity index (χ0) is 72.6. The summed E-state index contributed by atoms with van der Waals surface area (Å²) < 4.78 is 4.73. The third-order valence-corrected chi connectivity index (χ3v) is 16.6. The van der Waals surface area contributed by atoms with E-state index >= 15 is 0 Å². The number of esters is 1. The van der Waals surface area contributed by atoms with Gasteiger partial charge in [-0.05, 0) is 238 Å². The Hall–Kier alpha value is -13.0. The second-order valence-corrected chi connectivity index (χ2v) is 24.5. The summed E-state index contributed by atoms with van der Waals surface area (Å²) in [6, 6.07) is 39.9. The van der Waals surface area contributed by atoms with Crippen LogP contribution in [0.4, 0.5) is 17.5 Å². The summed E-state index contributed by atoms with van der Waals surface area (Å²) in [6.45, 7) is 18.7. The van der Waals surface area contributed by atoms with E-state index in [0.29, 0.717) is 106 Å². The molecule has 0 aliphatic heterocycles. The molecule has 3 aromatic carbocycles. The number of aromatic nitrogens is 9. The van der Waals surface area contributed by atoms with Crippen molar-refractivity contribution in [1.29, 1.82) is 15.8 Å². The first kappa shape index (κ1) is 77.4. The summed E-state index contributed by atoms with van der Waals surface area (Å²) >= 11 is 0. The number of rotatable bonds is 14. The standard InChI is InChI=1S/2C26H24N6O.C19H15N3O2.C8H13N3.2CH4/c2*1-15-6-20-8-18(9-21(12-27)25(20)30-13-15)10-22-11-19(4-5-29-22)26(33)31-14-23-16(2)7-24(28)32-17(23)3;1-12-5-15-6-13(7-16(10-20)18(15)22-11-12)8-17-9-14(3-4-21-17)19(23)24-2;1-5-3-8(10)11-6(2)7(5)4-9;;/h2*4-9,11,13H,10,14H2,1-3H3,(H2,28,32)(H,31,33);3-7,9,11H,8H2,1-2H3;3H,4,9H2,1-2H3,(H2,10,11);2*1H4. The molecule has 0 unspecified atom stereocenters. The monoisotopic (exact) mass is 1370 g/mol. The van der Waals surface area contributed by atoms with E-state index < -0.39 is 5.97 Å². The second-order valence-electron chi connectivity index (χ2n) is 24.5. The van der Waals surface area contributed by atoms with Gasteiger partial charge >= 0.3 is 5.97 Å². The quantitative estimate of drug-likeness (QED) is 0.0551. The molecule has 0 aliphatic carbocycles. The third kappa shape index (κ3) is 19.9. The molecule has 9 heterocycles. The lowest BCUT2D eigenvalue weighted by Gasteiger charge is -2.12. The minimum Gasteiger partial charge on any atom is -0.465 e. The Morgan fingerprint density at radius 2 is 0.738 bits per heavy atom. The van der Waals surface area contributed by atoms with E-state index in [1.54, 1.807) is 85.7 Å². The summed E-state index contributed by atoms with van der Waals surface area (Å²) in [7, 11) is 1.35. The number of benzene rings is 3. The summed E-state index contributed by atoms with van der Waals surface area (Å²) in [6.07, 6.45) is 11.6. The first-order valence-electron chi connectivity index (χ1n) is 32.2. The van der Waals surface area contributed by atoms with Gasteiger partial charge in [-0.3, -0.25) is 39.5 Å². The average Bonchev–Trinajstić information content (AvgIpc) is 0.805. The van der Waals surface area contributed by atoms with Crippen molar-refractivity contribution < 1.29 is 19.1 Å². The third-order valence-electron chi connectivity index (χ3n) is 16.6. The van der Waals surface area contributed by atoms with Gasteiger partial charge in [-0.15, -0.1) is 0 Å². The normalized spacial score (nSPS) is 10.4. The molecule has 2 amide bonds. The number of amides is 2. The van der Waals surface area contributed by atoms with E-state index in [1.165, 1.54) is 7.11 Å². The molecule has 0 radical (unpaired) electrons. The predicted molar refractivity (Wildman–Crippen MR) is 404 cm³/mol. The van der Waals surface area contributed by atoms with E-state index in [0.717, 1.165) is 117 Å². The number of fused-ring (bicyclic) bond motifs is 3. The lowest BCUT2D eigenvalue weighted by Crippen LogP contribution is -2.24. The van der Waals surface area contributed by atoms with Crippen molar-refractivity contribution in [1.82, 2.24) is 55.5 Å². The first-order chi connectivity index (χ1) is 48.4. The van der Waals surface area contributed by atoms with Crippen LogP contribution in [0.25, 0.3) is 32.7 Å². The Kier molecular flexibility index (Phi) is 26.4. The van der Waals surface area contributed by atoms with Crippen LogP contribution in [0, 0.1) is 96.3 Å². The van der Waals surface area contributed by atoms with Crippen LogP contribution in [-0.2, 0) is 43.6 Å². The van der Waals surface area contributed by atoms with Crippen molar-refractivity contribution in [3.05, 3.63) is 281 Å². The fourth-order valence-electron chi connectivity index (χ4n) is 11.8. The van der Waals surface area contributed by atoms with Gasteiger partial charge in [0.1, 0.15) is 35.7 Å². The van der Waals surface area contributed by atoms with Crippen molar-refractivity contribution in [2.45, 2.75) is 116 Å². The van der Waals surface area contributed by atoms with Gasteiger partial charge < -0.3 is 38.3 Å². The number of pyridine rings is 9. The number of methoxy groups -OCH3 is 1. The molecule has 9 aromatic heterocycles. The second kappa shape index (κ2) is 35.2. The van der Waals surface area contributed by atoms with Crippen LogP contribution in [0.15, 0.2) is 146 Å². The number of ether oxygens (including phenoxy) is 1. The Morgan fingerprint density at radius 3 is 1.04 bits per heavy atom. The molecule has 0 spiro atoms. The van der Waals surface area contributed by atoms with Crippen LogP contribution in [-0.4, -0.2) is 69.7 Å². The number of nitrogens with zero attached hydrogens (tertiary/aromatic N) is 12. The van der Waals surface area contributed by atoms with Gasteiger partial charge in [-0.2, -0.15) is 15.8 Å². The van der Waals surface area contributed by atoms with E-state index in [9.17, 15) is 30.2 Å². The minimum absolute atomic E-state index is 0. The summed E-state index contributed by atoms with van der Waals surface area (Å²) in [5, 5.41) is 37.2. The van der Waals surface area contributed by atoms with Crippen molar-refractivity contribution in [2.75, 3.05) is 24.3 Å². The first-order valence-corrected chi connectivity index (χ1v) is 32.2. The van der Waals surface area contributed by atoms with Gasteiger partial charge in [0.2, 0.25) is 0 Å². The highest BCUT2D eigenvalue weighted by Gasteiger charge is 2.17. The predicted octanol–water partition coefficient (Wildman–Crippen LogP) is 13.0. The van der Waals surface area contributed by atoms with Crippen LogP contribution in [0.2, 0.25) is 0 Å². The van der Waals surface area contributed by atoms with Crippen molar-refractivity contribution >= 4 is 67.9 Å². The van der Waals surface area contributed by atoms with Gasteiger partial charge in [0.25, 0.3) is 11.8 Å². The van der Waals surface area contributed by atoms with Crippen molar-refractivity contribution in [3.8, 4) is 18.2 Å². The molecule has 0 saturated heterocycles. The molecule has 0 aliphatic rings. The van der Waals surface area contributed by atoms with E-state index in [2.05, 4.69) is 73.7 Å². The number of nitrogens with one attached hydrogen (secondary N) is 2. The molecule has 22 heteroatoms. The number of hydrogen-bond donors (Lipinski definition) is 6. The SMILES string of the molecule is C.C.COC(=O)c1ccnc(Cc2cc(C#N)c3ncc(C)cc3c2)c1.Cc1cc(N)nc(C)c1CN.Cc1cnc2c(C#N)cc(Cc3cc(C(=O)NCc4c(C)cc(N)nc4C)ccn3)cc2c1.Cc1cnc2c(C#N)cc(Cc3cc(C(=O)NCc4c(C)cc(N)nc4C)ccn3)cc2c1. The number of carbonyl (C=O) groups is 3. The molecule has 0 saturated carbocycles. The zero-order valence-corrected chi connectivity index (χ0v) is 57.9. The largest absolute Gasteiger partial charge is 0.465 e. The molecule has 0 fully saturated rings. The number of aryl methyl sites for hydroxylation is 9. The molecule has 0 atom stereocenters. The van der Waals surface area contributed by atoms with Gasteiger partial charge in [0, 0.05) is 138 Å². The molecule has 522 valence electrons. The fraction of sp³-hybridized carbons (Fsp3) is 0.222. The highest BCUT2D eigenvalue weighted by molar-refractivity contribution is 5.95. The van der Waals surface area contributed by atoms with Gasteiger partial charge in [-0.25, -0.2) is 19.7 Å². The summed E-state index contributed by atoms with van der Waals surface area (Å²) in [5.41, 5.74) is 44.6. The highest BCUT2D eigenvalue weighted by Crippen LogP contribution is 2.26. The van der Waals surface area contributed by atoms with E-state index in [-0.39, 0.29) is 26.7 Å².